The van der Waals surface area contributed by atoms with E-state index in [2.05, 4.69) is 32.1 Å². The first kappa shape index (κ1) is 14.4. The molecule has 1 fully saturated rings. The fraction of sp³-hybridized carbons (Fsp3) is 0.294. The first-order valence-corrected chi connectivity index (χ1v) is 8.55. The number of anilines is 2. The molecule has 118 valence electrons. The molecule has 4 nitrogen and oxygen atoms in total. The van der Waals surface area contributed by atoms with Crippen molar-refractivity contribution in [3.05, 3.63) is 47.4 Å². The van der Waals surface area contributed by atoms with Crippen molar-refractivity contribution in [2.75, 3.05) is 36.0 Å². The van der Waals surface area contributed by atoms with Crippen LogP contribution in [0, 0.1) is 12.7 Å². The lowest BCUT2D eigenvalue weighted by molar-refractivity contribution is 0.596. The van der Waals surface area contributed by atoms with Crippen LogP contribution in [-0.2, 0) is 0 Å². The van der Waals surface area contributed by atoms with Gasteiger partial charge in [0.1, 0.15) is 22.8 Å². The van der Waals surface area contributed by atoms with E-state index in [0.29, 0.717) is 5.69 Å². The van der Waals surface area contributed by atoms with Crippen LogP contribution in [0.25, 0.3) is 10.2 Å². The van der Waals surface area contributed by atoms with Crippen LogP contribution in [0.4, 0.5) is 15.9 Å². The predicted molar refractivity (Wildman–Crippen MR) is 93.0 cm³/mol. The second-order valence-corrected chi connectivity index (χ2v) is 6.58. The second kappa shape index (κ2) is 5.77. The summed E-state index contributed by atoms with van der Waals surface area (Å²) in [6, 6.07) is 6.97. The third kappa shape index (κ3) is 2.53. The molecule has 0 spiro atoms. The number of nitrogens with zero attached hydrogens (tertiary/aromatic N) is 4. The van der Waals surface area contributed by atoms with Gasteiger partial charge < -0.3 is 9.80 Å². The van der Waals surface area contributed by atoms with Crippen LogP contribution >= 0.6 is 11.3 Å². The van der Waals surface area contributed by atoms with E-state index in [-0.39, 0.29) is 5.82 Å². The summed E-state index contributed by atoms with van der Waals surface area (Å²) in [5.41, 5.74) is 1.91. The third-order valence-corrected chi connectivity index (χ3v) is 5.31. The van der Waals surface area contributed by atoms with Crippen LogP contribution < -0.4 is 9.80 Å². The summed E-state index contributed by atoms with van der Waals surface area (Å²) in [5.74, 6) is 0.848. The summed E-state index contributed by atoms with van der Waals surface area (Å²) in [6.45, 7) is 5.33. The number of piperazine rings is 1. The Labute approximate surface area is 138 Å². The van der Waals surface area contributed by atoms with Gasteiger partial charge in [-0.25, -0.2) is 14.4 Å². The molecular formula is C17H17FN4S. The van der Waals surface area contributed by atoms with Gasteiger partial charge in [0, 0.05) is 26.2 Å². The van der Waals surface area contributed by atoms with Gasteiger partial charge >= 0.3 is 0 Å². The van der Waals surface area contributed by atoms with Gasteiger partial charge in [-0.05, 0) is 30.0 Å². The van der Waals surface area contributed by atoms with E-state index in [0.717, 1.165) is 42.2 Å². The molecule has 1 aliphatic rings. The first-order chi connectivity index (χ1) is 11.2. The summed E-state index contributed by atoms with van der Waals surface area (Å²) in [4.78, 5) is 14.3. The minimum absolute atomic E-state index is 0.154. The molecule has 0 radical (unpaired) electrons. The van der Waals surface area contributed by atoms with Gasteiger partial charge in [-0.1, -0.05) is 12.1 Å². The lowest BCUT2D eigenvalue weighted by Gasteiger charge is -2.37. The van der Waals surface area contributed by atoms with Gasteiger partial charge in [0.2, 0.25) is 0 Å². The number of hydrogen-bond acceptors (Lipinski definition) is 5. The molecule has 23 heavy (non-hydrogen) atoms. The van der Waals surface area contributed by atoms with Crippen LogP contribution in [-0.4, -0.2) is 36.1 Å². The molecule has 1 aromatic carbocycles. The summed E-state index contributed by atoms with van der Waals surface area (Å²) in [6.07, 6.45) is 1.64. The number of benzene rings is 1. The predicted octanol–water partition coefficient (Wildman–Crippen LogP) is 3.47. The fourth-order valence-electron chi connectivity index (χ4n) is 3.11. The maximum atomic E-state index is 13.9. The maximum absolute atomic E-state index is 13.9. The molecule has 1 saturated heterocycles. The van der Waals surface area contributed by atoms with Gasteiger partial charge in [-0.2, -0.15) is 0 Å². The largest absolute Gasteiger partial charge is 0.366 e. The van der Waals surface area contributed by atoms with Crippen molar-refractivity contribution < 1.29 is 4.39 Å². The molecule has 0 unspecified atom stereocenters. The Kier molecular flexibility index (Phi) is 3.61. The monoisotopic (exact) mass is 328 g/mol. The van der Waals surface area contributed by atoms with Gasteiger partial charge in [0.05, 0.1) is 11.1 Å². The molecule has 0 aliphatic carbocycles. The van der Waals surface area contributed by atoms with Gasteiger partial charge in [-0.3, -0.25) is 0 Å². The zero-order valence-corrected chi connectivity index (χ0v) is 13.7. The number of fused-ring (bicyclic) bond motifs is 1. The van der Waals surface area contributed by atoms with Crippen molar-refractivity contribution in [1.29, 1.82) is 0 Å². The molecule has 6 heteroatoms. The van der Waals surface area contributed by atoms with Crippen LogP contribution in [0.3, 0.4) is 0 Å². The van der Waals surface area contributed by atoms with Crippen molar-refractivity contribution in [2.45, 2.75) is 6.92 Å². The van der Waals surface area contributed by atoms with E-state index >= 15 is 0 Å². The lowest BCUT2D eigenvalue weighted by Crippen LogP contribution is -2.47. The molecule has 4 rings (SSSR count). The minimum Gasteiger partial charge on any atom is -0.366 e. The van der Waals surface area contributed by atoms with E-state index < -0.39 is 0 Å². The standard InChI is InChI=1S/C17H17FN4S/c1-12-10-23-17-15(12)16(19-11-20-17)22-8-6-21(7-9-22)14-5-3-2-4-13(14)18/h2-5,10-11H,6-9H2,1H3. The molecule has 0 atom stereocenters. The molecule has 1 aliphatic heterocycles. The zero-order chi connectivity index (χ0) is 15.8. The van der Waals surface area contributed by atoms with E-state index in [1.807, 2.05) is 12.1 Å². The van der Waals surface area contributed by atoms with Crippen LogP contribution in [0.5, 0.6) is 0 Å². The Balaban J connectivity index is 1.58. The number of para-hydroxylation sites is 1. The summed E-state index contributed by atoms with van der Waals surface area (Å²) in [5, 5.41) is 3.27. The van der Waals surface area contributed by atoms with Crippen molar-refractivity contribution in [2.24, 2.45) is 0 Å². The van der Waals surface area contributed by atoms with Gasteiger partial charge in [-0.15, -0.1) is 11.3 Å². The van der Waals surface area contributed by atoms with Crippen molar-refractivity contribution in [1.82, 2.24) is 9.97 Å². The molecule has 3 heterocycles. The van der Waals surface area contributed by atoms with Gasteiger partial charge in [0.15, 0.2) is 0 Å². The molecule has 0 saturated carbocycles. The lowest BCUT2D eigenvalue weighted by atomic mass is 10.2. The normalized spacial score (nSPS) is 15.4. The average Bonchev–Trinajstić information content (AvgIpc) is 2.97. The molecule has 0 N–H and O–H groups in total. The highest BCUT2D eigenvalue weighted by molar-refractivity contribution is 7.17. The Morgan fingerprint density at radius 1 is 1.04 bits per heavy atom. The summed E-state index contributed by atoms with van der Waals surface area (Å²) < 4.78 is 13.9. The highest BCUT2D eigenvalue weighted by Gasteiger charge is 2.22. The van der Waals surface area contributed by atoms with Crippen molar-refractivity contribution in [3.63, 3.8) is 0 Å². The SMILES string of the molecule is Cc1csc2ncnc(N3CCN(c4ccccc4F)CC3)c12. The Bertz CT molecular complexity index is 839. The smallest absolute Gasteiger partial charge is 0.146 e. The molecular weight excluding hydrogens is 311 g/mol. The Morgan fingerprint density at radius 3 is 2.57 bits per heavy atom. The van der Waals surface area contributed by atoms with E-state index in [1.54, 1.807) is 23.7 Å². The van der Waals surface area contributed by atoms with Crippen LogP contribution in [0.1, 0.15) is 5.56 Å². The molecule has 2 aromatic heterocycles. The summed E-state index contributed by atoms with van der Waals surface area (Å²) in [7, 11) is 0. The second-order valence-electron chi connectivity index (χ2n) is 5.72. The highest BCUT2D eigenvalue weighted by atomic mass is 32.1. The maximum Gasteiger partial charge on any atom is 0.146 e. The van der Waals surface area contributed by atoms with Crippen molar-refractivity contribution >= 4 is 33.1 Å². The molecule has 0 amide bonds. The van der Waals surface area contributed by atoms with Gasteiger partial charge in [0.25, 0.3) is 0 Å². The first-order valence-electron chi connectivity index (χ1n) is 7.67. The molecule has 3 aromatic rings. The molecule has 0 bridgehead atoms. The quantitative estimate of drug-likeness (QED) is 0.721. The topological polar surface area (TPSA) is 32.3 Å². The van der Waals surface area contributed by atoms with Crippen molar-refractivity contribution in [3.8, 4) is 0 Å². The summed E-state index contributed by atoms with van der Waals surface area (Å²) >= 11 is 1.65. The van der Waals surface area contributed by atoms with E-state index in [4.69, 9.17) is 0 Å². The minimum atomic E-state index is -0.154. The highest BCUT2D eigenvalue weighted by Crippen LogP contribution is 2.31. The Hall–Kier alpha value is -2.21. The Morgan fingerprint density at radius 2 is 1.78 bits per heavy atom. The average molecular weight is 328 g/mol. The van der Waals surface area contributed by atoms with E-state index in [1.165, 1.54) is 11.6 Å². The third-order valence-electron chi connectivity index (χ3n) is 4.31. The number of aryl methyl sites for hydroxylation is 1. The van der Waals surface area contributed by atoms with Crippen LogP contribution in [0.2, 0.25) is 0 Å². The number of rotatable bonds is 2. The number of thiophene rings is 1. The van der Waals surface area contributed by atoms with E-state index in [9.17, 15) is 4.39 Å². The number of aromatic nitrogens is 2. The number of halogens is 1. The van der Waals surface area contributed by atoms with Crippen LogP contribution in [0.15, 0.2) is 36.0 Å². The number of hydrogen-bond donors (Lipinski definition) is 0. The zero-order valence-electron chi connectivity index (χ0n) is 12.9. The fourth-order valence-corrected chi connectivity index (χ4v) is 3.99.